The standard InChI is InChI=1S/C14H21F2NO2/c1-10(17)7-11-8-12(15)14(13(16)9-11)19-6-4-3-5-18-2/h8-10H,3-7,17H2,1-2H3. The van der Waals surface area contributed by atoms with E-state index in [2.05, 4.69) is 0 Å². The van der Waals surface area contributed by atoms with Gasteiger partial charge < -0.3 is 15.2 Å². The number of methoxy groups -OCH3 is 1. The van der Waals surface area contributed by atoms with Crippen LogP contribution in [0.2, 0.25) is 0 Å². The molecule has 0 aliphatic heterocycles. The van der Waals surface area contributed by atoms with Gasteiger partial charge in [0.25, 0.3) is 0 Å². The minimum atomic E-state index is -0.678. The van der Waals surface area contributed by atoms with Crippen molar-refractivity contribution in [3.63, 3.8) is 0 Å². The fourth-order valence-electron chi connectivity index (χ4n) is 1.76. The molecule has 0 heterocycles. The third-order valence-corrected chi connectivity index (χ3v) is 2.60. The molecule has 0 aliphatic carbocycles. The zero-order chi connectivity index (χ0) is 14.3. The predicted molar refractivity (Wildman–Crippen MR) is 70.3 cm³/mol. The Morgan fingerprint density at radius 1 is 1.16 bits per heavy atom. The van der Waals surface area contributed by atoms with Crippen LogP contribution in [0.4, 0.5) is 8.78 Å². The van der Waals surface area contributed by atoms with Crippen LogP contribution in [0.1, 0.15) is 25.3 Å². The number of benzene rings is 1. The second-order valence-electron chi connectivity index (χ2n) is 4.62. The quantitative estimate of drug-likeness (QED) is 0.741. The molecule has 1 unspecified atom stereocenters. The number of ether oxygens (including phenoxy) is 2. The Bertz CT molecular complexity index is 374. The molecule has 0 saturated carbocycles. The number of hydrogen-bond acceptors (Lipinski definition) is 3. The molecule has 3 nitrogen and oxygen atoms in total. The molecule has 1 aromatic rings. The lowest BCUT2D eigenvalue weighted by atomic mass is 10.1. The molecule has 2 N–H and O–H groups in total. The zero-order valence-corrected chi connectivity index (χ0v) is 11.4. The van der Waals surface area contributed by atoms with Crippen LogP contribution in [0.5, 0.6) is 5.75 Å². The van der Waals surface area contributed by atoms with Crippen LogP contribution in [0.15, 0.2) is 12.1 Å². The van der Waals surface area contributed by atoms with Crippen molar-refractivity contribution >= 4 is 0 Å². The lowest BCUT2D eigenvalue weighted by Gasteiger charge is -2.11. The molecular formula is C14H21F2NO2. The fourth-order valence-corrected chi connectivity index (χ4v) is 1.76. The molecular weight excluding hydrogens is 252 g/mol. The molecule has 108 valence electrons. The van der Waals surface area contributed by atoms with E-state index in [0.29, 0.717) is 25.0 Å². The topological polar surface area (TPSA) is 44.5 Å². The number of hydrogen-bond donors (Lipinski definition) is 1. The third kappa shape index (κ3) is 5.53. The van der Waals surface area contributed by atoms with Crippen molar-refractivity contribution in [2.24, 2.45) is 5.73 Å². The van der Waals surface area contributed by atoms with Crippen molar-refractivity contribution in [3.8, 4) is 5.75 Å². The molecule has 0 aromatic heterocycles. The summed E-state index contributed by atoms with van der Waals surface area (Å²) in [6.45, 7) is 2.67. The summed E-state index contributed by atoms with van der Waals surface area (Å²) >= 11 is 0. The van der Waals surface area contributed by atoms with Gasteiger partial charge in [0.1, 0.15) is 0 Å². The van der Waals surface area contributed by atoms with Crippen LogP contribution < -0.4 is 10.5 Å². The molecule has 0 bridgehead atoms. The highest BCUT2D eigenvalue weighted by molar-refractivity contribution is 5.31. The first-order chi connectivity index (χ1) is 9.04. The molecule has 1 rings (SSSR count). The van der Waals surface area contributed by atoms with E-state index < -0.39 is 11.6 Å². The molecule has 0 radical (unpaired) electrons. The van der Waals surface area contributed by atoms with Gasteiger partial charge in [-0.1, -0.05) is 0 Å². The summed E-state index contributed by atoms with van der Waals surface area (Å²) < 4.78 is 37.4. The predicted octanol–water partition coefficient (Wildman–Crippen LogP) is 2.66. The highest BCUT2D eigenvalue weighted by Crippen LogP contribution is 2.24. The van der Waals surface area contributed by atoms with Gasteiger partial charge in [0.2, 0.25) is 0 Å². The van der Waals surface area contributed by atoms with Gasteiger partial charge in [0, 0.05) is 19.8 Å². The normalized spacial score (nSPS) is 12.5. The number of nitrogens with two attached hydrogens (primary N) is 1. The SMILES string of the molecule is COCCCCOc1c(F)cc(CC(C)N)cc1F. The molecule has 1 atom stereocenters. The largest absolute Gasteiger partial charge is 0.488 e. The van der Waals surface area contributed by atoms with Crippen molar-refractivity contribution in [3.05, 3.63) is 29.3 Å². The van der Waals surface area contributed by atoms with Gasteiger partial charge in [-0.3, -0.25) is 0 Å². The minimum absolute atomic E-state index is 0.139. The molecule has 0 amide bonds. The van der Waals surface area contributed by atoms with E-state index in [-0.39, 0.29) is 18.4 Å². The zero-order valence-electron chi connectivity index (χ0n) is 11.4. The first kappa shape index (κ1) is 15.9. The van der Waals surface area contributed by atoms with Crippen molar-refractivity contribution < 1.29 is 18.3 Å². The van der Waals surface area contributed by atoms with Crippen LogP contribution in [0.25, 0.3) is 0 Å². The Hall–Kier alpha value is -1.20. The maximum atomic E-state index is 13.7. The summed E-state index contributed by atoms with van der Waals surface area (Å²) in [4.78, 5) is 0. The van der Waals surface area contributed by atoms with E-state index in [4.69, 9.17) is 15.2 Å². The van der Waals surface area contributed by atoms with Crippen LogP contribution >= 0.6 is 0 Å². The molecule has 0 fully saturated rings. The summed E-state index contributed by atoms with van der Waals surface area (Å²) in [5.74, 6) is -1.67. The molecule has 19 heavy (non-hydrogen) atoms. The second kappa shape index (κ2) is 8.07. The Labute approximate surface area is 112 Å². The average Bonchev–Trinajstić information content (AvgIpc) is 2.31. The highest BCUT2D eigenvalue weighted by Gasteiger charge is 2.13. The average molecular weight is 273 g/mol. The van der Waals surface area contributed by atoms with E-state index in [1.54, 1.807) is 14.0 Å². The van der Waals surface area contributed by atoms with Crippen molar-refractivity contribution in [2.45, 2.75) is 32.2 Å². The monoisotopic (exact) mass is 273 g/mol. The molecule has 0 aliphatic rings. The smallest absolute Gasteiger partial charge is 0.190 e. The second-order valence-corrected chi connectivity index (χ2v) is 4.62. The van der Waals surface area contributed by atoms with Gasteiger partial charge in [-0.05, 0) is 43.9 Å². The summed E-state index contributed by atoms with van der Waals surface area (Å²) in [6.07, 6.45) is 1.92. The Morgan fingerprint density at radius 3 is 2.26 bits per heavy atom. The first-order valence-corrected chi connectivity index (χ1v) is 6.39. The summed E-state index contributed by atoms with van der Waals surface area (Å²) in [6, 6.07) is 2.41. The summed E-state index contributed by atoms with van der Waals surface area (Å²) in [5, 5.41) is 0. The summed E-state index contributed by atoms with van der Waals surface area (Å²) in [5.41, 5.74) is 6.14. The minimum Gasteiger partial charge on any atom is -0.488 e. The molecule has 1 aromatic carbocycles. The number of halogens is 2. The maximum absolute atomic E-state index is 13.7. The maximum Gasteiger partial charge on any atom is 0.190 e. The number of unbranched alkanes of at least 4 members (excludes halogenated alkanes) is 1. The van der Waals surface area contributed by atoms with Gasteiger partial charge in [0.15, 0.2) is 17.4 Å². The van der Waals surface area contributed by atoms with E-state index in [1.165, 1.54) is 12.1 Å². The molecule has 5 heteroatoms. The van der Waals surface area contributed by atoms with Gasteiger partial charge in [0.05, 0.1) is 6.61 Å². The first-order valence-electron chi connectivity index (χ1n) is 6.39. The van der Waals surface area contributed by atoms with E-state index in [1.807, 2.05) is 0 Å². The Kier molecular flexibility index (Phi) is 6.73. The lowest BCUT2D eigenvalue weighted by molar-refractivity contribution is 0.182. The Morgan fingerprint density at radius 2 is 1.74 bits per heavy atom. The van der Waals surface area contributed by atoms with Crippen LogP contribution in [-0.2, 0) is 11.2 Å². The molecule has 0 spiro atoms. The van der Waals surface area contributed by atoms with Gasteiger partial charge in [-0.25, -0.2) is 8.78 Å². The van der Waals surface area contributed by atoms with Gasteiger partial charge >= 0.3 is 0 Å². The van der Waals surface area contributed by atoms with Gasteiger partial charge in [-0.2, -0.15) is 0 Å². The van der Waals surface area contributed by atoms with Crippen LogP contribution in [-0.4, -0.2) is 26.4 Å². The van der Waals surface area contributed by atoms with Gasteiger partial charge in [-0.15, -0.1) is 0 Å². The van der Waals surface area contributed by atoms with E-state index in [9.17, 15) is 8.78 Å². The highest BCUT2D eigenvalue weighted by atomic mass is 19.1. The van der Waals surface area contributed by atoms with Crippen molar-refractivity contribution in [2.75, 3.05) is 20.3 Å². The fraction of sp³-hybridized carbons (Fsp3) is 0.571. The van der Waals surface area contributed by atoms with Crippen LogP contribution in [0, 0.1) is 11.6 Å². The van der Waals surface area contributed by atoms with Crippen molar-refractivity contribution in [1.82, 2.24) is 0 Å². The van der Waals surface area contributed by atoms with Crippen molar-refractivity contribution in [1.29, 1.82) is 0 Å². The summed E-state index contributed by atoms with van der Waals surface area (Å²) in [7, 11) is 1.61. The third-order valence-electron chi connectivity index (χ3n) is 2.60. The lowest BCUT2D eigenvalue weighted by Crippen LogP contribution is -2.18. The van der Waals surface area contributed by atoms with E-state index in [0.717, 1.165) is 6.42 Å². The van der Waals surface area contributed by atoms with Crippen LogP contribution in [0.3, 0.4) is 0 Å². The Balaban J connectivity index is 2.59. The molecule has 0 saturated heterocycles. The number of rotatable bonds is 8. The van der Waals surface area contributed by atoms with E-state index >= 15 is 0 Å².